The highest BCUT2D eigenvalue weighted by Crippen LogP contribution is 2.27. The zero-order valence-electron chi connectivity index (χ0n) is 24.8. The smallest absolute Gasteiger partial charge is 0.162 e. The number of hydrogen-bond donors (Lipinski definition) is 0. The number of unbranched alkanes of at least 4 members (excludes halogenated alkanes) is 16. The van der Waals surface area contributed by atoms with Gasteiger partial charge >= 0.3 is 0 Å². The molecule has 0 atom stereocenters. The second kappa shape index (κ2) is 19.0. The van der Waals surface area contributed by atoms with E-state index in [1.54, 1.807) is 0 Å². The molecule has 0 aromatic heterocycles. The summed E-state index contributed by atoms with van der Waals surface area (Å²) in [7, 11) is 0. The first-order chi connectivity index (χ1) is 17.2. The van der Waals surface area contributed by atoms with Crippen LogP contribution in [0.5, 0.6) is 0 Å². The lowest BCUT2D eigenvalue weighted by molar-refractivity contribution is -0.401. The molecule has 0 saturated carbocycles. The highest BCUT2D eigenvalue weighted by atomic mass is 17.2. The van der Waals surface area contributed by atoms with Gasteiger partial charge in [0.1, 0.15) is 5.60 Å². The van der Waals surface area contributed by atoms with Crippen LogP contribution in [-0.4, -0.2) is 11.4 Å². The number of hydrogen-bond acceptors (Lipinski definition) is 3. The van der Waals surface area contributed by atoms with Gasteiger partial charge in [-0.2, -0.15) is 0 Å². The van der Waals surface area contributed by atoms with Gasteiger partial charge in [0, 0.05) is 12.0 Å². The van der Waals surface area contributed by atoms with E-state index in [1.165, 1.54) is 96.3 Å². The fourth-order valence-electron chi connectivity index (χ4n) is 4.49. The lowest BCUT2D eigenvalue weighted by Crippen LogP contribution is -2.28. The van der Waals surface area contributed by atoms with Gasteiger partial charge in [0.25, 0.3) is 0 Å². The van der Waals surface area contributed by atoms with Crippen LogP contribution in [-0.2, 0) is 15.4 Å². The number of ketones is 1. The Morgan fingerprint density at radius 2 is 0.972 bits per heavy atom. The lowest BCUT2D eigenvalue weighted by Gasteiger charge is -2.29. The van der Waals surface area contributed by atoms with Gasteiger partial charge in [-0.25, -0.2) is 9.78 Å². The topological polar surface area (TPSA) is 35.5 Å². The minimum atomic E-state index is -0.567. The van der Waals surface area contributed by atoms with E-state index in [4.69, 9.17) is 9.78 Å². The molecular formula is C33H58O3. The normalized spacial score (nSPS) is 12.3. The molecule has 208 valence electrons. The number of Topliss-reactive ketones (excluding diaryl/α,β-unsaturated/α-hetero) is 1. The summed E-state index contributed by atoms with van der Waals surface area (Å²) < 4.78 is 0. The average Bonchev–Trinajstić information content (AvgIpc) is 2.84. The number of carbonyl (C=O) groups is 1. The quantitative estimate of drug-likeness (QED) is 0.0684. The van der Waals surface area contributed by atoms with Crippen LogP contribution >= 0.6 is 0 Å². The van der Waals surface area contributed by atoms with Crippen molar-refractivity contribution in [3.8, 4) is 0 Å². The van der Waals surface area contributed by atoms with Gasteiger partial charge in [-0.1, -0.05) is 134 Å². The molecular weight excluding hydrogens is 444 g/mol. The Kier molecular flexibility index (Phi) is 17.3. The van der Waals surface area contributed by atoms with Crippen LogP contribution in [0.25, 0.3) is 0 Å². The van der Waals surface area contributed by atoms with E-state index in [2.05, 4.69) is 6.92 Å². The van der Waals surface area contributed by atoms with Crippen molar-refractivity contribution in [1.82, 2.24) is 0 Å². The van der Waals surface area contributed by atoms with Gasteiger partial charge < -0.3 is 0 Å². The predicted molar refractivity (Wildman–Crippen MR) is 155 cm³/mol. The molecule has 0 N–H and O–H groups in total. The third kappa shape index (κ3) is 16.5. The minimum Gasteiger partial charge on any atom is -0.294 e. The third-order valence-electron chi connectivity index (χ3n) is 6.91. The number of rotatable bonds is 22. The summed E-state index contributed by atoms with van der Waals surface area (Å²) in [5.74, 6) is 0.243. The zero-order chi connectivity index (χ0) is 26.7. The summed E-state index contributed by atoms with van der Waals surface area (Å²) in [4.78, 5) is 23.7. The number of benzene rings is 1. The number of carbonyl (C=O) groups excluding carboxylic acids is 1. The molecule has 0 radical (unpaired) electrons. The van der Waals surface area contributed by atoms with Crippen LogP contribution in [0.3, 0.4) is 0 Å². The van der Waals surface area contributed by atoms with E-state index < -0.39 is 5.60 Å². The highest BCUT2D eigenvalue weighted by Gasteiger charge is 2.26. The van der Waals surface area contributed by atoms with E-state index in [-0.39, 0.29) is 11.4 Å². The largest absolute Gasteiger partial charge is 0.294 e. The Hall–Kier alpha value is -1.19. The first kappa shape index (κ1) is 32.8. The Bertz CT molecular complexity index is 669. The Balaban J connectivity index is 2.03. The second-order valence-electron chi connectivity index (χ2n) is 12.2. The van der Waals surface area contributed by atoms with Gasteiger partial charge in [-0.05, 0) is 46.6 Å². The van der Waals surface area contributed by atoms with E-state index >= 15 is 0 Å². The van der Waals surface area contributed by atoms with Gasteiger partial charge in [0.15, 0.2) is 5.78 Å². The molecule has 0 aliphatic heterocycles. The Labute approximate surface area is 224 Å². The van der Waals surface area contributed by atoms with Crippen molar-refractivity contribution in [2.45, 2.75) is 168 Å². The predicted octanol–water partition coefficient (Wildman–Crippen LogP) is 10.9. The maximum Gasteiger partial charge on any atom is 0.162 e. The second-order valence-corrected chi connectivity index (χ2v) is 12.2. The molecule has 0 saturated heterocycles. The molecule has 0 aliphatic carbocycles. The van der Waals surface area contributed by atoms with Crippen LogP contribution < -0.4 is 0 Å². The van der Waals surface area contributed by atoms with Crippen molar-refractivity contribution in [2.75, 3.05) is 0 Å². The van der Waals surface area contributed by atoms with E-state index in [1.807, 2.05) is 58.9 Å². The van der Waals surface area contributed by atoms with Gasteiger partial charge in [0.2, 0.25) is 0 Å². The van der Waals surface area contributed by atoms with Crippen molar-refractivity contribution in [1.29, 1.82) is 0 Å². The fourth-order valence-corrected chi connectivity index (χ4v) is 4.49. The summed E-state index contributed by atoms with van der Waals surface area (Å²) >= 11 is 0. The summed E-state index contributed by atoms with van der Waals surface area (Å²) in [5, 5.41) is 0. The Morgan fingerprint density at radius 3 is 1.36 bits per heavy atom. The molecule has 0 unspecified atom stereocenters. The molecule has 3 heteroatoms. The van der Waals surface area contributed by atoms with Crippen LogP contribution in [0.2, 0.25) is 0 Å². The van der Waals surface area contributed by atoms with Gasteiger partial charge in [0.05, 0.1) is 5.60 Å². The van der Waals surface area contributed by atoms with E-state index in [0.29, 0.717) is 6.42 Å². The van der Waals surface area contributed by atoms with E-state index in [0.717, 1.165) is 24.0 Å². The summed E-state index contributed by atoms with van der Waals surface area (Å²) in [6, 6.07) is 7.81. The molecule has 1 rings (SSSR count). The highest BCUT2D eigenvalue weighted by molar-refractivity contribution is 5.96. The molecule has 0 bridgehead atoms. The SMILES string of the molecule is CCCCCCCCCCCCCCCCCCCC(=O)c1ccc(C(C)(C)OOC(C)(C)C)cc1. The van der Waals surface area contributed by atoms with Crippen molar-refractivity contribution in [3.05, 3.63) is 35.4 Å². The standard InChI is InChI=1S/C33H58O3/c1-7-8-9-10-11-12-13-14-15-16-17-18-19-20-21-22-23-24-31(34)29-25-27-30(28-26-29)33(5,6)36-35-32(2,3)4/h25-28H,7-24H2,1-6H3. The molecule has 0 amide bonds. The molecule has 36 heavy (non-hydrogen) atoms. The van der Waals surface area contributed by atoms with Crippen LogP contribution in [0.1, 0.15) is 173 Å². The maximum absolute atomic E-state index is 12.6. The fraction of sp³-hybridized carbons (Fsp3) is 0.788. The Morgan fingerprint density at radius 1 is 0.583 bits per heavy atom. The molecule has 0 heterocycles. The van der Waals surface area contributed by atoms with Crippen molar-refractivity contribution in [3.63, 3.8) is 0 Å². The van der Waals surface area contributed by atoms with Gasteiger partial charge in [-0.3, -0.25) is 4.79 Å². The first-order valence-corrected chi connectivity index (χ1v) is 15.2. The van der Waals surface area contributed by atoms with Crippen molar-refractivity contribution in [2.24, 2.45) is 0 Å². The summed E-state index contributed by atoms with van der Waals surface area (Å²) in [6.07, 6.45) is 23.7. The van der Waals surface area contributed by atoms with Crippen LogP contribution in [0.15, 0.2) is 24.3 Å². The summed E-state index contributed by atoms with van der Waals surface area (Å²) in [6.45, 7) is 12.1. The monoisotopic (exact) mass is 502 g/mol. The molecule has 0 fully saturated rings. The average molecular weight is 503 g/mol. The van der Waals surface area contributed by atoms with Crippen molar-refractivity contribution >= 4 is 5.78 Å². The minimum absolute atomic E-state index is 0.243. The van der Waals surface area contributed by atoms with Crippen LogP contribution in [0, 0.1) is 0 Å². The van der Waals surface area contributed by atoms with E-state index in [9.17, 15) is 4.79 Å². The maximum atomic E-state index is 12.6. The first-order valence-electron chi connectivity index (χ1n) is 15.2. The zero-order valence-corrected chi connectivity index (χ0v) is 24.8. The van der Waals surface area contributed by atoms with Gasteiger partial charge in [-0.15, -0.1) is 0 Å². The molecule has 3 nitrogen and oxygen atoms in total. The molecule has 0 spiro atoms. The van der Waals surface area contributed by atoms with Crippen molar-refractivity contribution < 1.29 is 14.6 Å². The summed E-state index contributed by atoms with van der Waals surface area (Å²) in [5.41, 5.74) is 0.867. The molecule has 1 aromatic rings. The molecule has 0 aliphatic rings. The third-order valence-corrected chi connectivity index (χ3v) is 6.91. The van der Waals surface area contributed by atoms with Crippen LogP contribution in [0.4, 0.5) is 0 Å². The molecule has 1 aromatic carbocycles. The lowest BCUT2D eigenvalue weighted by atomic mass is 9.95.